The smallest absolute Gasteiger partial charge is 0.261 e. The lowest BCUT2D eigenvalue weighted by atomic mass is 9.84. The van der Waals surface area contributed by atoms with Crippen LogP contribution in [0.5, 0.6) is 0 Å². The molecule has 2 aromatic carbocycles. The van der Waals surface area contributed by atoms with Gasteiger partial charge in [-0.1, -0.05) is 38.3 Å². The van der Waals surface area contributed by atoms with Crippen LogP contribution in [0.15, 0.2) is 47.4 Å². The Hall–Kier alpha value is -2.58. The Morgan fingerprint density at radius 3 is 2.40 bits per heavy atom. The standard InChI is InChI=1S/C27H38N4O3S/c1-3-20(2)29-27(32)23-11-14-26(31-17-15-28-16-18-31)25(19-23)30-35(33,34)24-12-9-22(10-13-24)21-7-5-4-6-8-21/h9-14,19-21,28,30H,3-8,15-18H2,1-2H3,(H,29,32). The van der Waals surface area contributed by atoms with E-state index in [9.17, 15) is 13.2 Å². The van der Waals surface area contributed by atoms with Crippen LogP contribution in [0.3, 0.4) is 0 Å². The van der Waals surface area contributed by atoms with Crippen LogP contribution in [0.25, 0.3) is 0 Å². The number of carbonyl (C=O) groups is 1. The van der Waals surface area contributed by atoms with Crippen molar-refractivity contribution in [2.24, 2.45) is 0 Å². The summed E-state index contributed by atoms with van der Waals surface area (Å²) in [6.45, 7) is 7.15. The number of benzene rings is 2. The summed E-state index contributed by atoms with van der Waals surface area (Å²) >= 11 is 0. The number of hydrogen-bond acceptors (Lipinski definition) is 5. The molecule has 1 aliphatic carbocycles. The van der Waals surface area contributed by atoms with Crippen molar-refractivity contribution in [1.29, 1.82) is 0 Å². The fourth-order valence-electron chi connectivity index (χ4n) is 4.91. The number of piperazine rings is 1. The van der Waals surface area contributed by atoms with Gasteiger partial charge in [0.1, 0.15) is 0 Å². The molecule has 0 bridgehead atoms. The van der Waals surface area contributed by atoms with E-state index in [-0.39, 0.29) is 16.8 Å². The Morgan fingerprint density at radius 2 is 1.74 bits per heavy atom. The number of sulfonamides is 1. The van der Waals surface area contributed by atoms with Crippen molar-refractivity contribution in [2.45, 2.75) is 69.2 Å². The number of nitrogens with one attached hydrogen (secondary N) is 3. The fraction of sp³-hybridized carbons (Fsp3) is 0.519. The molecule has 1 saturated carbocycles. The lowest BCUT2D eigenvalue weighted by Gasteiger charge is -2.31. The highest BCUT2D eigenvalue weighted by molar-refractivity contribution is 7.92. The molecule has 0 radical (unpaired) electrons. The Balaban J connectivity index is 1.60. The van der Waals surface area contributed by atoms with Gasteiger partial charge in [-0.25, -0.2) is 8.42 Å². The van der Waals surface area contributed by atoms with Crippen LogP contribution in [0, 0.1) is 0 Å². The van der Waals surface area contributed by atoms with Crippen LogP contribution in [-0.2, 0) is 10.0 Å². The molecule has 8 heteroatoms. The second-order valence-corrected chi connectivity index (χ2v) is 11.4. The van der Waals surface area contributed by atoms with E-state index < -0.39 is 10.0 Å². The average molecular weight is 499 g/mol. The maximum absolute atomic E-state index is 13.4. The molecule has 3 N–H and O–H groups in total. The first-order valence-electron chi connectivity index (χ1n) is 12.9. The van der Waals surface area contributed by atoms with E-state index in [1.54, 1.807) is 24.3 Å². The molecule has 1 aliphatic heterocycles. The minimum Gasteiger partial charge on any atom is -0.367 e. The summed E-state index contributed by atoms with van der Waals surface area (Å²) in [5, 5.41) is 6.29. The van der Waals surface area contributed by atoms with E-state index in [0.29, 0.717) is 17.2 Å². The number of nitrogens with zero attached hydrogens (tertiary/aromatic N) is 1. The van der Waals surface area contributed by atoms with Gasteiger partial charge in [-0.3, -0.25) is 9.52 Å². The van der Waals surface area contributed by atoms with E-state index in [1.165, 1.54) is 37.7 Å². The monoisotopic (exact) mass is 498 g/mol. The van der Waals surface area contributed by atoms with Crippen LogP contribution < -0.4 is 20.3 Å². The van der Waals surface area contributed by atoms with Crippen LogP contribution in [-0.4, -0.2) is 46.5 Å². The molecule has 7 nitrogen and oxygen atoms in total. The summed E-state index contributed by atoms with van der Waals surface area (Å²) in [6.07, 6.45) is 6.93. The summed E-state index contributed by atoms with van der Waals surface area (Å²) in [7, 11) is -3.82. The molecule has 2 fully saturated rings. The molecule has 35 heavy (non-hydrogen) atoms. The van der Waals surface area contributed by atoms with Crippen molar-refractivity contribution in [3.8, 4) is 0 Å². The van der Waals surface area contributed by atoms with Gasteiger partial charge in [-0.05, 0) is 68.0 Å². The van der Waals surface area contributed by atoms with Crippen molar-refractivity contribution in [3.05, 3.63) is 53.6 Å². The minimum absolute atomic E-state index is 0.0400. The highest BCUT2D eigenvalue weighted by atomic mass is 32.2. The third-order valence-electron chi connectivity index (χ3n) is 7.22. The largest absolute Gasteiger partial charge is 0.367 e. The predicted molar refractivity (Wildman–Crippen MR) is 142 cm³/mol. The normalized spacial score (nSPS) is 18.2. The number of amides is 1. The van der Waals surface area contributed by atoms with Gasteiger partial charge in [0, 0.05) is 37.8 Å². The van der Waals surface area contributed by atoms with Crippen LogP contribution >= 0.6 is 0 Å². The van der Waals surface area contributed by atoms with Crippen molar-refractivity contribution in [1.82, 2.24) is 10.6 Å². The molecule has 1 heterocycles. The molecule has 2 aromatic rings. The molecule has 1 atom stereocenters. The second kappa shape index (κ2) is 11.4. The summed E-state index contributed by atoms with van der Waals surface area (Å²) in [5.74, 6) is 0.317. The molecule has 4 rings (SSSR count). The summed E-state index contributed by atoms with van der Waals surface area (Å²) in [4.78, 5) is 15.1. The fourth-order valence-corrected chi connectivity index (χ4v) is 5.97. The zero-order valence-corrected chi connectivity index (χ0v) is 21.7. The lowest BCUT2D eigenvalue weighted by molar-refractivity contribution is 0.0939. The number of hydrogen-bond donors (Lipinski definition) is 3. The first kappa shape index (κ1) is 25.5. The van der Waals surface area contributed by atoms with E-state index in [2.05, 4.69) is 20.3 Å². The van der Waals surface area contributed by atoms with Gasteiger partial charge >= 0.3 is 0 Å². The Bertz CT molecular complexity index is 1110. The summed E-state index contributed by atoms with van der Waals surface area (Å²) in [6, 6.07) is 12.6. The van der Waals surface area contributed by atoms with Crippen molar-refractivity contribution < 1.29 is 13.2 Å². The minimum atomic E-state index is -3.82. The quantitative estimate of drug-likeness (QED) is 0.500. The van der Waals surface area contributed by atoms with Crippen LogP contribution in [0.1, 0.15) is 74.2 Å². The maximum Gasteiger partial charge on any atom is 0.261 e. The highest BCUT2D eigenvalue weighted by Gasteiger charge is 2.23. The average Bonchev–Trinajstić information content (AvgIpc) is 2.89. The number of anilines is 2. The predicted octanol–water partition coefficient (Wildman–Crippen LogP) is 4.47. The molecule has 0 aromatic heterocycles. The SMILES string of the molecule is CCC(C)NC(=O)c1ccc(N2CCNCC2)c(NS(=O)(=O)c2ccc(C3CCCCC3)cc2)c1. The van der Waals surface area contributed by atoms with Crippen molar-refractivity contribution >= 4 is 27.3 Å². The van der Waals surface area contributed by atoms with E-state index in [1.807, 2.05) is 32.0 Å². The van der Waals surface area contributed by atoms with Gasteiger partial charge in [0.05, 0.1) is 16.3 Å². The van der Waals surface area contributed by atoms with Crippen LogP contribution in [0.2, 0.25) is 0 Å². The lowest BCUT2D eigenvalue weighted by Crippen LogP contribution is -2.43. The third kappa shape index (κ3) is 6.35. The Kier molecular flexibility index (Phi) is 8.34. The molecule has 1 amide bonds. The molecule has 0 spiro atoms. The molecule has 190 valence electrons. The van der Waals surface area contributed by atoms with Crippen molar-refractivity contribution in [3.63, 3.8) is 0 Å². The van der Waals surface area contributed by atoms with Crippen molar-refractivity contribution in [2.75, 3.05) is 35.8 Å². The first-order chi connectivity index (χ1) is 16.9. The van der Waals surface area contributed by atoms with Gasteiger partial charge in [0.2, 0.25) is 0 Å². The van der Waals surface area contributed by atoms with Gasteiger partial charge < -0.3 is 15.5 Å². The van der Waals surface area contributed by atoms with Gasteiger partial charge in [-0.2, -0.15) is 0 Å². The third-order valence-corrected chi connectivity index (χ3v) is 8.60. The summed E-state index contributed by atoms with van der Waals surface area (Å²) in [5.41, 5.74) is 2.87. The van der Waals surface area contributed by atoms with E-state index in [0.717, 1.165) is 38.3 Å². The maximum atomic E-state index is 13.4. The van der Waals surface area contributed by atoms with E-state index >= 15 is 0 Å². The molecule has 1 unspecified atom stereocenters. The molecule has 1 saturated heterocycles. The number of rotatable bonds is 8. The zero-order chi connectivity index (χ0) is 24.8. The molecule has 2 aliphatic rings. The topological polar surface area (TPSA) is 90.5 Å². The molecular weight excluding hydrogens is 460 g/mol. The molecular formula is C27H38N4O3S. The summed E-state index contributed by atoms with van der Waals surface area (Å²) < 4.78 is 29.6. The van der Waals surface area contributed by atoms with Crippen LogP contribution in [0.4, 0.5) is 11.4 Å². The zero-order valence-electron chi connectivity index (χ0n) is 20.8. The highest BCUT2D eigenvalue weighted by Crippen LogP contribution is 2.34. The van der Waals surface area contributed by atoms with Gasteiger partial charge in [-0.15, -0.1) is 0 Å². The van der Waals surface area contributed by atoms with E-state index in [4.69, 9.17) is 0 Å². The first-order valence-corrected chi connectivity index (χ1v) is 14.4. The second-order valence-electron chi connectivity index (χ2n) is 9.76. The Morgan fingerprint density at radius 1 is 1.06 bits per heavy atom. The Labute approximate surface area is 209 Å². The van der Waals surface area contributed by atoms with Gasteiger partial charge in [0.15, 0.2) is 0 Å². The number of carbonyl (C=O) groups excluding carboxylic acids is 1. The van der Waals surface area contributed by atoms with Gasteiger partial charge in [0.25, 0.3) is 15.9 Å².